The summed E-state index contributed by atoms with van der Waals surface area (Å²) in [6.07, 6.45) is 6.97. The summed E-state index contributed by atoms with van der Waals surface area (Å²) in [6, 6.07) is 31.4. The first-order valence-electron chi connectivity index (χ1n) is 15.4. The molecule has 5 heterocycles. The zero-order chi connectivity index (χ0) is 31.4. The number of fused-ring (bicyclic) bond motifs is 4. The number of anilines is 3. The van der Waals surface area contributed by atoms with Crippen molar-refractivity contribution in [1.29, 1.82) is 0 Å². The summed E-state index contributed by atoms with van der Waals surface area (Å²) in [4.78, 5) is 22.7. The third-order valence-corrected chi connectivity index (χ3v) is 8.60. The standard InChI is InChI=1S/C38H33N7O/c1-38(2,3)26-15-16-41-36(17-26)45-32-10-6-5-9-29(32)30-14-13-28(20-35(30)45)46-37-19-27(18-31(42-37)25-21-39-23-40-22-25)44-24-43(4)33-11-7-8-12-34(33)44/h5-23H,24H2,1-4H3. The fourth-order valence-electron chi connectivity index (χ4n) is 6.27. The number of ether oxygens (including phenoxy) is 1. The smallest absolute Gasteiger partial charge is 0.221 e. The van der Waals surface area contributed by atoms with E-state index in [4.69, 9.17) is 14.7 Å². The molecule has 0 saturated heterocycles. The van der Waals surface area contributed by atoms with Crippen LogP contribution in [0.25, 0.3) is 38.9 Å². The first-order chi connectivity index (χ1) is 22.3. The monoisotopic (exact) mass is 603 g/mol. The second kappa shape index (κ2) is 10.7. The van der Waals surface area contributed by atoms with E-state index in [1.54, 1.807) is 12.4 Å². The van der Waals surface area contributed by atoms with Crippen LogP contribution in [-0.4, -0.2) is 38.2 Å². The highest BCUT2D eigenvalue weighted by molar-refractivity contribution is 6.09. The van der Waals surface area contributed by atoms with Crippen molar-refractivity contribution in [3.63, 3.8) is 0 Å². The molecule has 7 aromatic rings. The normalized spacial score (nSPS) is 13.0. The van der Waals surface area contributed by atoms with E-state index in [0.29, 0.717) is 18.3 Å². The number of rotatable bonds is 5. The Morgan fingerprint density at radius 2 is 1.52 bits per heavy atom. The number of nitrogens with zero attached hydrogens (tertiary/aromatic N) is 7. The highest BCUT2D eigenvalue weighted by atomic mass is 16.5. The van der Waals surface area contributed by atoms with Gasteiger partial charge in [0.15, 0.2) is 0 Å². The molecule has 0 N–H and O–H groups in total. The van der Waals surface area contributed by atoms with Crippen molar-refractivity contribution in [2.45, 2.75) is 26.2 Å². The van der Waals surface area contributed by atoms with Crippen LogP contribution in [0.5, 0.6) is 11.6 Å². The number of pyridine rings is 2. The van der Waals surface area contributed by atoms with E-state index >= 15 is 0 Å². The zero-order valence-corrected chi connectivity index (χ0v) is 26.2. The van der Waals surface area contributed by atoms with Gasteiger partial charge in [-0.05, 0) is 59.5 Å². The molecule has 0 spiro atoms. The molecule has 0 fully saturated rings. The predicted molar refractivity (Wildman–Crippen MR) is 184 cm³/mol. The van der Waals surface area contributed by atoms with Gasteiger partial charge in [-0.25, -0.2) is 19.9 Å². The van der Waals surface area contributed by atoms with Gasteiger partial charge in [-0.15, -0.1) is 0 Å². The average Bonchev–Trinajstić information content (AvgIpc) is 3.59. The minimum Gasteiger partial charge on any atom is -0.439 e. The molecule has 0 amide bonds. The molecule has 0 saturated carbocycles. The van der Waals surface area contributed by atoms with Crippen LogP contribution in [0.3, 0.4) is 0 Å². The van der Waals surface area contributed by atoms with Gasteiger partial charge in [0.1, 0.15) is 17.9 Å². The lowest BCUT2D eigenvalue weighted by Crippen LogP contribution is -2.24. The van der Waals surface area contributed by atoms with Crippen LogP contribution in [0.4, 0.5) is 17.1 Å². The number of benzene rings is 3. The molecule has 226 valence electrons. The maximum absolute atomic E-state index is 6.60. The van der Waals surface area contributed by atoms with E-state index in [9.17, 15) is 0 Å². The van der Waals surface area contributed by atoms with E-state index in [-0.39, 0.29) is 5.41 Å². The zero-order valence-electron chi connectivity index (χ0n) is 26.2. The molecule has 0 atom stereocenters. The van der Waals surface area contributed by atoms with Crippen LogP contribution in [0.1, 0.15) is 26.3 Å². The molecule has 8 heteroatoms. The minimum absolute atomic E-state index is 0.00638. The number of hydrogen-bond acceptors (Lipinski definition) is 7. The molecule has 0 bridgehead atoms. The maximum atomic E-state index is 6.60. The fourth-order valence-corrected chi connectivity index (χ4v) is 6.27. The van der Waals surface area contributed by atoms with Crippen molar-refractivity contribution in [2.75, 3.05) is 23.5 Å². The van der Waals surface area contributed by atoms with Gasteiger partial charge < -0.3 is 14.5 Å². The Balaban J connectivity index is 1.26. The Morgan fingerprint density at radius 1 is 0.761 bits per heavy atom. The SMILES string of the molecule is CN1CN(c2cc(Oc3ccc4c5ccccc5n(-c5cc(C(C)(C)C)ccn5)c4c3)nc(-c3cncnc3)c2)c2ccccc21. The molecule has 0 unspecified atom stereocenters. The molecule has 0 radical (unpaired) electrons. The molecule has 1 aliphatic rings. The average molecular weight is 604 g/mol. The Labute approximate surface area is 267 Å². The molecule has 0 aliphatic carbocycles. The lowest BCUT2D eigenvalue weighted by atomic mass is 9.88. The van der Waals surface area contributed by atoms with Crippen molar-refractivity contribution in [3.8, 4) is 28.7 Å². The maximum Gasteiger partial charge on any atom is 0.221 e. The number of hydrogen-bond donors (Lipinski definition) is 0. The fraction of sp³-hybridized carbons (Fsp3) is 0.158. The van der Waals surface area contributed by atoms with Crippen LogP contribution < -0.4 is 14.5 Å². The van der Waals surface area contributed by atoms with E-state index in [1.165, 1.54) is 17.6 Å². The van der Waals surface area contributed by atoms with Crippen molar-refractivity contribution in [2.24, 2.45) is 0 Å². The Hall–Kier alpha value is -5.76. The van der Waals surface area contributed by atoms with Crippen molar-refractivity contribution < 1.29 is 4.74 Å². The van der Waals surface area contributed by atoms with E-state index in [1.807, 2.05) is 18.3 Å². The summed E-state index contributed by atoms with van der Waals surface area (Å²) in [5.74, 6) is 2.04. The number of para-hydroxylation sites is 3. The second-order valence-corrected chi connectivity index (χ2v) is 12.7. The first-order valence-corrected chi connectivity index (χ1v) is 15.4. The quantitative estimate of drug-likeness (QED) is 0.195. The Bertz CT molecular complexity index is 2240. The summed E-state index contributed by atoms with van der Waals surface area (Å²) in [6.45, 7) is 7.37. The van der Waals surface area contributed by atoms with E-state index in [0.717, 1.165) is 50.3 Å². The van der Waals surface area contributed by atoms with E-state index in [2.05, 4.69) is 131 Å². The molecular formula is C38H33N7O. The second-order valence-electron chi connectivity index (χ2n) is 12.7. The van der Waals surface area contributed by atoms with Crippen molar-refractivity contribution in [3.05, 3.63) is 121 Å². The van der Waals surface area contributed by atoms with Gasteiger partial charge in [0.2, 0.25) is 5.88 Å². The summed E-state index contributed by atoms with van der Waals surface area (Å²) in [5, 5.41) is 2.29. The lowest BCUT2D eigenvalue weighted by Gasteiger charge is -2.21. The van der Waals surface area contributed by atoms with Gasteiger partial charge in [0, 0.05) is 54.1 Å². The number of aromatic nitrogens is 5. The minimum atomic E-state index is -0.00638. The first kappa shape index (κ1) is 27.8. The van der Waals surface area contributed by atoms with Gasteiger partial charge in [0.25, 0.3) is 0 Å². The molecule has 4 aromatic heterocycles. The third kappa shape index (κ3) is 4.79. The van der Waals surface area contributed by atoms with Gasteiger partial charge in [-0.3, -0.25) is 4.57 Å². The highest BCUT2D eigenvalue weighted by Gasteiger charge is 2.25. The Morgan fingerprint density at radius 3 is 2.35 bits per heavy atom. The molecule has 1 aliphatic heterocycles. The summed E-state index contributed by atoms with van der Waals surface area (Å²) in [5.41, 5.74) is 8.16. The molecule has 3 aromatic carbocycles. The third-order valence-electron chi connectivity index (χ3n) is 8.60. The summed E-state index contributed by atoms with van der Waals surface area (Å²) < 4.78 is 8.83. The van der Waals surface area contributed by atoms with Crippen molar-refractivity contribution in [1.82, 2.24) is 24.5 Å². The molecule has 8 nitrogen and oxygen atoms in total. The molecule has 46 heavy (non-hydrogen) atoms. The molecule has 8 rings (SSSR count). The van der Waals surface area contributed by atoms with Gasteiger partial charge in [0.05, 0.1) is 40.5 Å². The van der Waals surface area contributed by atoms with Crippen LogP contribution >= 0.6 is 0 Å². The van der Waals surface area contributed by atoms with Crippen LogP contribution in [0, 0.1) is 0 Å². The summed E-state index contributed by atoms with van der Waals surface area (Å²) >= 11 is 0. The largest absolute Gasteiger partial charge is 0.439 e. The predicted octanol–water partition coefficient (Wildman–Crippen LogP) is 8.67. The van der Waals surface area contributed by atoms with Crippen LogP contribution in [0.15, 0.2) is 116 Å². The van der Waals surface area contributed by atoms with Gasteiger partial charge >= 0.3 is 0 Å². The van der Waals surface area contributed by atoms with Gasteiger partial charge in [-0.1, -0.05) is 51.1 Å². The molecular weight excluding hydrogens is 570 g/mol. The van der Waals surface area contributed by atoms with Crippen LogP contribution in [-0.2, 0) is 5.41 Å². The topological polar surface area (TPSA) is 72.2 Å². The van der Waals surface area contributed by atoms with Gasteiger partial charge in [-0.2, -0.15) is 0 Å². The van der Waals surface area contributed by atoms with Crippen LogP contribution in [0.2, 0.25) is 0 Å². The van der Waals surface area contributed by atoms with Crippen molar-refractivity contribution >= 4 is 38.9 Å². The Kier molecular flexibility index (Phi) is 6.46. The van der Waals surface area contributed by atoms with E-state index < -0.39 is 0 Å². The highest BCUT2D eigenvalue weighted by Crippen LogP contribution is 2.42. The summed E-state index contributed by atoms with van der Waals surface area (Å²) in [7, 11) is 2.10. The lowest BCUT2D eigenvalue weighted by molar-refractivity contribution is 0.464.